The van der Waals surface area contributed by atoms with Gasteiger partial charge in [0.25, 0.3) is 0 Å². The molecular weight excluding hydrogens is 250 g/mol. The maximum absolute atomic E-state index is 11.2. The Bertz CT molecular complexity index is 348. The quantitative estimate of drug-likeness (QED) is 0.524. The second-order valence-corrected chi connectivity index (χ2v) is 7.96. The van der Waals surface area contributed by atoms with Gasteiger partial charge < -0.3 is 4.90 Å². The first-order valence-electron chi connectivity index (χ1n) is 6.63. The number of nitrogens with two attached hydrogens (primary N) is 1. The monoisotopic (exact) mass is 277 g/mol. The average molecular weight is 277 g/mol. The predicted octanol–water partition coefficient (Wildman–Crippen LogP) is 0.518. The van der Waals surface area contributed by atoms with E-state index in [1.54, 1.807) is 0 Å². The van der Waals surface area contributed by atoms with Gasteiger partial charge in [-0.25, -0.2) is 8.42 Å². The smallest absolute Gasteiger partial charge is 0.147 e. The molecule has 1 aliphatic carbocycles. The molecular formula is C12H27N3O2S. The Kier molecular flexibility index (Phi) is 5.58. The molecule has 0 aromatic carbocycles. The lowest BCUT2D eigenvalue weighted by atomic mass is 9.84. The third-order valence-corrected chi connectivity index (χ3v) is 5.25. The van der Waals surface area contributed by atoms with Crippen LogP contribution in [0.4, 0.5) is 0 Å². The molecule has 0 spiro atoms. The molecule has 0 aromatic heterocycles. The summed E-state index contributed by atoms with van der Waals surface area (Å²) < 4.78 is 22.3. The first-order chi connectivity index (χ1) is 8.32. The molecule has 0 saturated heterocycles. The van der Waals surface area contributed by atoms with Crippen molar-refractivity contribution in [2.45, 2.75) is 50.1 Å². The van der Waals surface area contributed by atoms with Crippen molar-refractivity contribution in [2.24, 2.45) is 5.84 Å². The molecule has 0 bridgehead atoms. The largest absolute Gasteiger partial charge is 0.302 e. The van der Waals surface area contributed by atoms with Crippen LogP contribution in [0.5, 0.6) is 0 Å². The van der Waals surface area contributed by atoms with Gasteiger partial charge in [0, 0.05) is 23.6 Å². The summed E-state index contributed by atoms with van der Waals surface area (Å²) in [6.07, 6.45) is 7.48. The van der Waals surface area contributed by atoms with Crippen LogP contribution in [0.1, 0.15) is 38.5 Å². The summed E-state index contributed by atoms with van der Waals surface area (Å²) in [4.78, 5) is 2.25. The number of nitrogens with one attached hydrogen (secondary N) is 1. The van der Waals surface area contributed by atoms with Gasteiger partial charge in [-0.3, -0.25) is 11.3 Å². The number of sulfone groups is 1. The van der Waals surface area contributed by atoms with Crippen molar-refractivity contribution in [1.82, 2.24) is 10.3 Å². The molecule has 18 heavy (non-hydrogen) atoms. The number of hydrogen-bond donors (Lipinski definition) is 2. The Balaban J connectivity index is 2.63. The summed E-state index contributed by atoms with van der Waals surface area (Å²) in [6.45, 7) is 0. The summed E-state index contributed by atoms with van der Waals surface area (Å²) in [5.41, 5.74) is 3.01. The third kappa shape index (κ3) is 3.91. The Morgan fingerprint density at radius 1 is 1.33 bits per heavy atom. The number of rotatable bonds is 7. The van der Waals surface area contributed by atoms with Gasteiger partial charge in [0.2, 0.25) is 0 Å². The normalized spacial score (nSPS) is 21.4. The van der Waals surface area contributed by atoms with E-state index in [2.05, 4.69) is 24.4 Å². The lowest BCUT2D eigenvalue weighted by Crippen LogP contribution is -2.59. The van der Waals surface area contributed by atoms with Crippen LogP contribution in [0.25, 0.3) is 0 Å². The van der Waals surface area contributed by atoms with Crippen molar-refractivity contribution in [3.8, 4) is 0 Å². The van der Waals surface area contributed by atoms with Crippen LogP contribution < -0.4 is 11.3 Å². The molecule has 1 aliphatic rings. The van der Waals surface area contributed by atoms with Crippen LogP contribution >= 0.6 is 0 Å². The minimum atomic E-state index is -2.87. The van der Waals surface area contributed by atoms with E-state index in [0.717, 1.165) is 19.3 Å². The highest BCUT2D eigenvalue weighted by Gasteiger charge is 2.42. The molecule has 0 amide bonds. The molecule has 6 heteroatoms. The lowest BCUT2D eigenvalue weighted by molar-refractivity contribution is 0.0997. The average Bonchev–Trinajstić information content (AvgIpc) is 2.73. The third-order valence-electron chi connectivity index (χ3n) is 4.22. The standard InChI is InChI=1S/C12H27N3O2S/c1-15(2)12(8-4-5-9-12)11(14-13)7-6-10-18(3,16)17/h11,14H,4-10,13H2,1-3H3. The summed E-state index contributed by atoms with van der Waals surface area (Å²) >= 11 is 0. The van der Waals surface area contributed by atoms with Gasteiger partial charge in [0.05, 0.1) is 0 Å². The Morgan fingerprint density at radius 3 is 2.28 bits per heavy atom. The Hall–Kier alpha value is -0.170. The van der Waals surface area contributed by atoms with E-state index >= 15 is 0 Å². The highest BCUT2D eigenvalue weighted by molar-refractivity contribution is 7.90. The van der Waals surface area contributed by atoms with E-state index in [4.69, 9.17) is 5.84 Å². The molecule has 1 fully saturated rings. The first kappa shape index (κ1) is 15.9. The molecule has 0 radical (unpaired) electrons. The maximum Gasteiger partial charge on any atom is 0.147 e. The van der Waals surface area contributed by atoms with Crippen LogP contribution in [0, 0.1) is 0 Å². The van der Waals surface area contributed by atoms with Crippen molar-refractivity contribution in [3.63, 3.8) is 0 Å². The van der Waals surface area contributed by atoms with E-state index in [-0.39, 0.29) is 17.3 Å². The molecule has 0 aromatic rings. The van der Waals surface area contributed by atoms with E-state index in [0.29, 0.717) is 6.42 Å². The van der Waals surface area contributed by atoms with Crippen LogP contribution in [0.3, 0.4) is 0 Å². The van der Waals surface area contributed by atoms with Gasteiger partial charge in [-0.2, -0.15) is 0 Å². The van der Waals surface area contributed by atoms with E-state index in [1.807, 2.05) is 0 Å². The van der Waals surface area contributed by atoms with Crippen molar-refractivity contribution in [2.75, 3.05) is 26.1 Å². The van der Waals surface area contributed by atoms with Crippen LogP contribution in [0.2, 0.25) is 0 Å². The van der Waals surface area contributed by atoms with Crippen molar-refractivity contribution < 1.29 is 8.42 Å². The second-order valence-electron chi connectivity index (χ2n) is 5.70. The fourth-order valence-electron chi connectivity index (χ4n) is 3.15. The molecule has 0 heterocycles. The van der Waals surface area contributed by atoms with Gasteiger partial charge >= 0.3 is 0 Å². The molecule has 1 unspecified atom stereocenters. The van der Waals surface area contributed by atoms with E-state index in [1.165, 1.54) is 19.1 Å². The van der Waals surface area contributed by atoms with Crippen molar-refractivity contribution >= 4 is 9.84 Å². The number of hydrogen-bond acceptors (Lipinski definition) is 5. The zero-order valence-electron chi connectivity index (χ0n) is 11.8. The molecule has 3 N–H and O–H groups in total. The lowest BCUT2D eigenvalue weighted by Gasteiger charge is -2.43. The minimum absolute atomic E-state index is 0.0895. The summed E-state index contributed by atoms with van der Waals surface area (Å²) in [6, 6.07) is 0.164. The van der Waals surface area contributed by atoms with Crippen LogP contribution in [-0.4, -0.2) is 51.0 Å². The topological polar surface area (TPSA) is 75.4 Å². The maximum atomic E-state index is 11.2. The summed E-state index contributed by atoms with van der Waals surface area (Å²) in [7, 11) is 1.31. The van der Waals surface area contributed by atoms with Crippen LogP contribution in [-0.2, 0) is 9.84 Å². The minimum Gasteiger partial charge on any atom is -0.302 e. The highest BCUT2D eigenvalue weighted by atomic mass is 32.2. The number of nitrogens with zero attached hydrogens (tertiary/aromatic N) is 1. The Morgan fingerprint density at radius 2 is 1.89 bits per heavy atom. The predicted molar refractivity (Wildman–Crippen MR) is 74.9 cm³/mol. The van der Waals surface area contributed by atoms with Crippen molar-refractivity contribution in [3.05, 3.63) is 0 Å². The van der Waals surface area contributed by atoms with E-state index in [9.17, 15) is 8.42 Å². The Labute approximate surface area is 111 Å². The first-order valence-corrected chi connectivity index (χ1v) is 8.69. The summed E-state index contributed by atoms with van der Waals surface area (Å²) in [5.74, 6) is 5.94. The number of hydrazine groups is 1. The fraction of sp³-hybridized carbons (Fsp3) is 1.00. The van der Waals surface area contributed by atoms with Crippen molar-refractivity contribution in [1.29, 1.82) is 0 Å². The zero-order valence-corrected chi connectivity index (χ0v) is 12.6. The summed E-state index contributed by atoms with van der Waals surface area (Å²) in [5, 5.41) is 0. The van der Waals surface area contributed by atoms with Gasteiger partial charge in [-0.05, 0) is 39.8 Å². The van der Waals surface area contributed by atoms with Gasteiger partial charge in [-0.1, -0.05) is 12.8 Å². The molecule has 1 saturated carbocycles. The van der Waals surface area contributed by atoms with Gasteiger partial charge in [-0.15, -0.1) is 0 Å². The SMILES string of the molecule is CN(C)C1(C(CCCS(C)(=O)=O)NN)CCCC1. The number of likely N-dealkylation sites (N-methyl/N-ethyl adjacent to an activating group) is 1. The van der Waals surface area contributed by atoms with Crippen LogP contribution in [0.15, 0.2) is 0 Å². The molecule has 0 aliphatic heterocycles. The van der Waals surface area contributed by atoms with Gasteiger partial charge in [0.15, 0.2) is 0 Å². The fourth-order valence-corrected chi connectivity index (χ4v) is 3.84. The van der Waals surface area contributed by atoms with Gasteiger partial charge in [0.1, 0.15) is 9.84 Å². The molecule has 108 valence electrons. The van der Waals surface area contributed by atoms with E-state index < -0.39 is 9.84 Å². The molecule has 5 nitrogen and oxygen atoms in total. The second kappa shape index (κ2) is 6.32. The molecule has 1 rings (SSSR count). The molecule has 1 atom stereocenters. The zero-order chi connectivity index (χ0) is 13.8. The highest BCUT2D eigenvalue weighted by Crippen LogP contribution is 2.37.